The number of rotatable bonds is 5. The van der Waals surface area contributed by atoms with Crippen LogP contribution in [0.4, 0.5) is 4.39 Å². The summed E-state index contributed by atoms with van der Waals surface area (Å²) in [4.78, 5) is -0.460. The van der Waals surface area contributed by atoms with E-state index in [1.54, 1.807) is 6.92 Å². The Labute approximate surface area is 116 Å². The second-order valence-corrected chi connectivity index (χ2v) is 6.77. The van der Waals surface area contributed by atoms with E-state index in [2.05, 4.69) is 0 Å². The molecule has 0 aromatic heterocycles. The number of aliphatic hydroxyl groups excluding tert-OH is 1. The highest BCUT2D eigenvalue weighted by molar-refractivity contribution is 7.89. The van der Waals surface area contributed by atoms with Crippen molar-refractivity contribution in [3.63, 3.8) is 0 Å². The smallest absolute Gasteiger partial charge is 0.246 e. The first-order valence-corrected chi connectivity index (χ1v) is 7.84. The summed E-state index contributed by atoms with van der Waals surface area (Å²) in [5.41, 5.74) is -0.113. The summed E-state index contributed by atoms with van der Waals surface area (Å²) in [5.74, 6) is -0.925. The van der Waals surface area contributed by atoms with Gasteiger partial charge < -0.3 is 5.11 Å². The van der Waals surface area contributed by atoms with Gasteiger partial charge in [0.2, 0.25) is 10.0 Å². The topological polar surface area (TPSA) is 57.6 Å². The van der Waals surface area contributed by atoms with Crippen LogP contribution in [0.2, 0.25) is 5.02 Å². The third-order valence-electron chi connectivity index (χ3n) is 3.10. The van der Waals surface area contributed by atoms with Crippen LogP contribution >= 0.6 is 11.6 Å². The fourth-order valence-corrected chi connectivity index (χ4v) is 4.17. The van der Waals surface area contributed by atoms with Crippen LogP contribution in [0.15, 0.2) is 17.0 Å². The van der Waals surface area contributed by atoms with Gasteiger partial charge >= 0.3 is 0 Å². The lowest BCUT2D eigenvalue weighted by atomic mass is 10.2. The molecule has 1 aromatic carbocycles. The first-order chi connectivity index (χ1) is 8.91. The maximum Gasteiger partial charge on any atom is 0.246 e. The summed E-state index contributed by atoms with van der Waals surface area (Å²) in [7, 11) is -3.91. The van der Waals surface area contributed by atoms with Crippen LogP contribution < -0.4 is 0 Å². The second-order valence-electron chi connectivity index (χ2n) is 4.47. The molecule has 1 aliphatic carbocycles. The number of benzene rings is 1. The molecule has 2 rings (SSSR count). The summed E-state index contributed by atoms with van der Waals surface area (Å²) in [6.07, 6.45) is 1.59. The Bertz CT molecular complexity index is 587. The van der Waals surface area contributed by atoms with Gasteiger partial charge in [0.1, 0.15) is 10.7 Å². The van der Waals surface area contributed by atoms with Gasteiger partial charge in [-0.2, -0.15) is 4.31 Å². The van der Waals surface area contributed by atoms with Crippen molar-refractivity contribution >= 4 is 21.6 Å². The second kappa shape index (κ2) is 5.36. The van der Waals surface area contributed by atoms with Crippen LogP contribution in [0.25, 0.3) is 0 Å². The summed E-state index contributed by atoms with van der Waals surface area (Å²) in [6.45, 7) is 1.41. The van der Waals surface area contributed by atoms with E-state index in [1.807, 2.05) is 0 Å². The molecule has 0 radical (unpaired) electrons. The van der Waals surface area contributed by atoms with Crippen molar-refractivity contribution in [2.24, 2.45) is 0 Å². The lowest BCUT2D eigenvalue weighted by Gasteiger charge is -2.21. The van der Waals surface area contributed by atoms with Gasteiger partial charge in [-0.3, -0.25) is 0 Å². The third kappa shape index (κ3) is 2.76. The molecular formula is C12H15ClFNO3S. The van der Waals surface area contributed by atoms with Crippen LogP contribution in [0.3, 0.4) is 0 Å². The quantitative estimate of drug-likeness (QED) is 0.907. The molecule has 0 amide bonds. The molecule has 1 fully saturated rings. The van der Waals surface area contributed by atoms with E-state index in [9.17, 15) is 12.8 Å². The Morgan fingerprint density at radius 2 is 2.11 bits per heavy atom. The number of aliphatic hydroxyl groups is 1. The van der Waals surface area contributed by atoms with Crippen molar-refractivity contribution in [3.05, 3.63) is 28.5 Å². The van der Waals surface area contributed by atoms with E-state index >= 15 is 0 Å². The number of nitrogens with zero attached hydrogens (tertiary/aromatic N) is 1. The van der Waals surface area contributed by atoms with Gasteiger partial charge in [0.15, 0.2) is 0 Å². The SMILES string of the molecule is CCN(C1CC1)S(=O)(=O)c1cc(Cl)cc(CO)c1F. The van der Waals surface area contributed by atoms with Gasteiger partial charge in [0.25, 0.3) is 0 Å². The zero-order valence-corrected chi connectivity index (χ0v) is 12.0. The monoisotopic (exact) mass is 307 g/mol. The minimum atomic E-state index is -3.91. The average Bonchev–Trinajstić information content (AvgIpc) is 3.16. The fourth-order valence-electron chi connectivity index (χ4n) is 2.03. The van der Waals surface area contributed by atoms with Crippen molar-refractivity contribution in [3.8, 4) is 0 Å². The van der Waals surface area contributed by atoms with Crippen molar-refractivity contribution < 1.29 is 17.9 Å². The number of hydrogen-bond donors (Lipinski definition) is 1. The van der Waals surface area contributed by atoms with E-state index in [1.165, 1.54) is 10.4 Å². The highest BCUT2D eigenvalue weighted by atomic mass is 35.5. The summed E-state index contributed by atoms with van der Waals surface area (Å²) in [5, 5.41) is 9.14. The van der Waals surface area contributed by atoms with Gasteiger partial charge in [0, 0.05) is 23.2 Å². The molecule has 106 valence electrons. The van der Waals surface area contributed by atoms with E-state index in [4.69, 9.17) is 16.7 Å². The third-order valence-corrected chi connectivity index (χ3v) is 5.35. The van der Waals surface area contributed by atoms with Crippen LogP contribution in [0, 0.1) is 5.82 Å². The highest BCUT2D eigenvalue weighted by Crippen LogP contribution is 2.34. The molecule has 1 N–H and O–H groups in total. The Morgan fingerprint density at radius 3 is 2.58 bits per heavy atom. The normalized spacial score (nSPS) is 16.1. The maximum atomic E-state index is 14.1. The van der Waals surface area contributed by atoms with Gasteiger partial charge in [-0.1, -0.05) is 18.5 Å². The Kier molecular flexibility index (Phi) is 4.15. The molecule has 0 aliphatic heterocycles. The number of sulfonamides is 1. The van der Waals surface area contributed by atoms with Crippen LogP contribution in [-0.2, 0) is 16.6 Å². The molecule has 0 spiro atoms. The summed E-state index contributed by atoms with van der Waals surface area (Å²) >= 11 is 5.79. The van der Waals surface area contributed by atoms with Crippen molar-refractivity contribution in [2.45, 2.75) is 37.3 Å². The molecule has 0 atom stereocenters. The highest BCUT2D eigenvalue weighted by Gasteiger charge is 2.38. The standard InChI is InChI=1S/C12H15ClFNO3S/c1-2-15(10-3-4-10)19(17,18)11-6-9(13)5-8(7-16)12(11)14/h5-6,10,16H,2-4,7H2,1H3. The molecule has 0 bridgehead atoms. The Balaban J connectivity index is 2.53. The lowest BCUT2D eigenvalue weighted by molar-refractivity contribution is 0.274. The first kappa shape index (κ1) is 14.7. The van der Waals surface area contributed by atoms with Gasteiger partial charge in [-0.15, -0.1) is 0 Å². The lowest BCUT2D eigenvalue weighted by Crippen LogP contribution is -2.33. The van der Waals surface area contributed by atoms with Gasteiger partial charge in [-0.25, -0.2) is 12.8 Å². The minimum Gasteiger partial charge on any atom is -0.392 e. The van der Waals surface area contributed by atoms with E-state index in [0.717, 1.165) is 18.9 Å². The molecule has 1 aromatic rings. The average molecular weight is 308 g/mol. The first-order valence-electron chi connectivity index (χ1n) is 6.02. The molecule has 1 saturated carbocycles. The fraction of sp³-hybridized carbons (Fsp3) is 0.500. The van der Waals surface area contributed by atoms with Crippen molar-refractivity contribution in [1.82, 2.24) is 4.31 Å². The molecule has 1 aliphatic rings. The minimum absolute atomic E-state index is 0.0500. The molecule has 0 heterocycles. The largest absolute Gasteiger partial charge is 0.392 e. The van der Waals surface area contributed by atoms with Crippen molar-refractivity contribution in [1.29, 1.82) is 0 Å². The predicted octanol–water partition coefficient (Wildman–Crippen LogP) is 2.14. The zero-order chi connectivity index (χ0) is 14.2. The van der Waals surface area contributed by atoms with Crippen LogP contribution in [0.1, 0.15) is 25.3 Å². The number of halogens is 2. The van der Waals surface area contributed by atoms with Gasteiger partial charge in [-0.05, 0) is 25.0 Å². The molecule has 19 heavy (non-hydrogen) atoms. The molecule has 0 unspecified atom stereocenters. The van der Waals surface area contributed by atoms with E-state index in [0.29, 0.717) is 0 Å². The Hall–Kier alpha value is -0.690. The molecule has 7 heteroatoms. The molecule has 0 saturated heterocycles. The van der Waals surface area contributed by atoms with E-state index in [-0.39, 0.29) is 23.2 Å². The van der Waals surface area contributed by atoms with Crippen LogP contribution in [-0.4, -0.2) is 30.4 Å². The summed E-state index contributed by atoms with van der Waals surface area (Å²) < 4.78 is 40.2. The number of hydrogen-bond acceptors (Lipinski definition) is 3. The van der Waals surface area contributed by atoms with Crippen molar-refractivity contribution in [2.75, 3.05) is 6.54 Å². The summed E-state index contributed by atoms with van der Waals surface area (Å²) in [6, 6.07) is 2.27. The maximum absolute atomic E-state index is 14.1. The van der Waals surface area contributed by atoms with Crippen LogP contribution in [0.5, 0.6) is 0 Å². The van der Waals surface area contributed by atoms with Gasteiger partial charge in [0.05, 0.1) is 6.61 Å². The zero-order valence-electron chi connectivity index (χ0n) is 10.4. The molecular weight excluding hydrogens is 293 g/mol. The predicted molar refractivity (Wildman–Crippen MR) is 69.9 cm³/mol. The Morgan fingerprint density at radius 1 is 1.47 bits per heavy atom. The van der Waals surface area contributed by atoms with E-state index < -0.39 is 27.3 Å². The molecule has 4 nitrogen and oxygen atoms in total.